The van der Waals surface area contributed by atoms with Crippen molar-refractivity contribution in [2.75, 3.05) is 13.6 Å². The van der Waals surface area contributed by atoms with E-state index < -0.39 is 11.9 Å². The molecule has 2 rings (SSSR count). The molecule has 1 N–H and O–H groups in total. The molecule has 1 aromatic heterocycles. The number of aromatic nitrogens is 2. The summed E-state index contributed by atoms with van der Waals surface area (Å²) in [7, 11) is 1.61. The number of carbonyl (C=O) groups excluding carboxylic acids is 1. The van der Waals surface area contributed by atoms with Crippen molar-refractivity contribution in [1.82, 2.24) is 14.7 Å². The van der Waals surface area contributed by atoms with Gasteiger partial charge in [-0.2, -0.15) is 5.10 Å². The Bertz CT molecular complexity index is 694. The number of carboxylic acid groups (broad SMARTS) is 1. The first-order chi connectivity index (χ1) is 10.9. The summed E-state index contributed by atoms with van der Waals surface area (Å²) in [4.78, 5) is 24.8. The summed E-state index contributed by atoms with van der Waals surface area (Å²) in [6, 6.07) is 9.88. The van der Waals surface area contributed by atoms with Crippen molar-refractivity contribution >= 4 is 11.9 Å². The summed E-state index contributed by atoms with van der Waals surface area (Å²) in [5.74, 6) is -1.74. The quantitative estimate of drug-likeness (QED) is 0.885. The molecule has 0 bridgehead atoms. The van der Waals surface area contributed by atoms with Gasteiger partial charge in [0, 0.05) is 19.3 Å². The van der Waals surface area contributed by atoms with E-state index in [0.29, 0.717) is 12.1 Å². The molecule has 0 aliphatic carbocycles. The number of carbonyl (C=O) groups is 2. The van der Waals surface area contributed by atoms with Crippen LogP contribution >= 0.6 is 0 Å². The Morgan fingerprint density at radius 1 is 1.30 bits per heavy atom. The van der Waals surface area contributed by atoms with Gasteiger partial charge in [0.25, 0.3) is 5.91 Å². The zero-order valence-electron chi connectivity index (χ0n) is 13.6. The van der Waals surface area contributed by atoms with E-state index in [-0.39, 0.29) is 12.5 Å². The highest BCUT2D eigenvalue weighted by Crippen LogP contribution is 2.13. The molecule has 1 amide bonds. The first-order valence-electron chi connectivity index (χ1n) is 7.44. The van der Waals surface area contributed by atoms with Crippen molar-refractivity contribution in [3.05, 3.63) is 53.3 Å². The zero-order valence-corrected chi connectivity index (χ0v) is 13.6. The third-order valence-electron chi connectivity index (χ3n) is 3.82. The van der Waals surface area contributed by atoms with E-state index in [9.17, 15) is 9.59 Å². The number of amides is 1. The number of rotatable bonds is 6. The van der Waals surface area contributed by atoms with E-state index in [4.69, 9.17) is 5.11 Å². The Labute approximate surface area is 135 Å². The van der Waals surface area contributed by atoms with Crippen LogP contribution in [0.2, 0.25) is 0 Å². The smallest absolute Gasteiger partial charge is 0.308 e. The molecule has 0 aliphatic rings. The third-order valence-corrected chi connectivity index (χ3v) is 3.82. The van der Waals surface area contributed by atoms with Crippen molar-refractivity contribution in [3.8, 4) is 0 Å². The molecule has 0 fully saturated rings. The van der Waals surface area contributed by atoms with Crippen molar-refractivity contribution < 1.29 is 14.7 Å². The lowest BCUT2D eigenvalue weighted by Gasteiger charge is -2.19. The van der Waals surface area contributed by atoms with Crippen LogP contribution in [0.4, 0.5) is 0 Å². The molecule has 1 aromatic carbocycles. The fraction of sp³-hybridized carbons (Fsp3) is 0.353. The Balaban J connectivity index is 2.12. The number of nitrogens with zero attached hydrogens (tertiary/aromatic N) is 3. The second kappa shape index (κ2) is 7.09. The van der Waals surface area contributed by atoms with E-state index in [0.717, 1.165) is 11.3 Å². The fourth-order valence-electron chi connectivity index (χ4n) is 2.35. The number of benzene rings is 1. The zero-order chi connectivity index (χ0) is 17.0. The second-order valence-electron chi connectivity index (χ2n) is 5.71. The van der Waals surface area contributed by atoms with Gasteiger partial charge >= 0.3 is 5.97 Å². The average molecular weight is 315 g/mol. The number of carboxylic acids is 1. The molecule has 0 saturated carbocycles. The topological polar surface area (TPSA) is 75.4 Å². The van der Waals surface area contributed by atoms with Gasteiger partial charge in [-0.05, 0) is 12.5 Å². The minimum atomic E-state index is -0.916. The van der Waals surface area contributed by atoms with Crippen LogP contribution in [0.15, 0.2) is 36.5 Å². The first-order valence-corrected chi connectivity index (χ1v) is 7.44. The van der Waals surface area contributed by atoms with Crippen molar-refractivity contribution in [3.63, 3.8) is 0 Å². The van der Waals surface area contributed by atoms with Crippen LogP contribution in [0.25, 0.3) is 0 Å². The van der Waals surface area contributed by atoms with Gasteiger partial charge in [0.1, 0.15) is 0 Å². The standard InChI is InChI=1S/C17H21N3O3/c1-12(17(22)23)10-19(3)16(21)15-9-18-20(13(15)2)11-14-7-5-4-6-8-14/h4-9,12H,10-11H2,1-3H3,(H,22,23). The van der Waals surface area contributed by atoms with Crippen LogP contribution < -0.4 is 0 Å². The Morgan fingerprint density at radius 3 is 2.57 bits per heavy atom. The van der Waals surface area contributed by atoms with Gasteiger partial charge in [0.15, 0.2) is 0 Å². The van der Waals surface area contributed by atoms with Crippen LogP contribution in [-0.4, -0.2) is 45.3 Å². The second-order valence-corrected chi connectivity index (χ2v) is 5.71. The average Bonchev–Trinajstić information content (AvgIpc) is 2.88. The molecule has 0 radical (unpaired) electrons. The minimum absolute atomic E-state index is 0.164. The molecule has 6 nitrogen and oxygen atoms in total. The van der Waals surface area contributed by atoms with Gasteiger partial charge in [0.05, 0.1) is 24.2 Å². The van der Waals surface area contributed by atoms with E-state index in [1.54, 1.807) is 24.9 Å². The predicted octanol–water partition coefficient (Wildman–Crippen LogP) is 2.03. The lowest BCUT2D eigenvalue weighted by atomic mass is 10.1. The van der Waals surface area contributed by atoms with Gasteiger partial charge in [-0.3, -0.25) is 14.3 Å². The van der Waals surface area contributed by atoms with Gasteiger partial charge in [-0.25, -0.2) is 0 Å². The van der Waals surface area contributed by atoms with Crippen LogP contribution in [0.3, 0.4) is 0 Å². The maximum absolute atomic E-state index is 12.5. The third kappa shape index (κ3) is 3.97. The SMILES string of the molecule is Cc1c(C(=O)N(C)CC(C)C(=O)O)cnn1Cc1ccccc1. The van der Waals surface area contributed by atoms with Crippen molar-refractivity contribution in [2.24, 2.45) is 5.92 Å². The van der Waals surface area contributed by atoms with Crippen LogP contribution in [0, 0.1) is 12.8 Å². The van der Waals surface area contributed by atoms with Crippen LogP contribution in [0.1, 0.15) is 28.5 Å². The molecule has 1 heterocycles. The van der Waals surface area contributed by atoms with Crippen LogP contribution in [0.5, 0.6) is 0 Å². The molecule has 2 aromatic rings. The first kappa shape index (κ1) is 16.7. The largest absolute Gasteiger partial charge is 0.481 e. The highest BCUT2D eigenvalue weighted by Gasteiger charge is 2.21. The Morgan fingerprint density at radius 2 is 1.96 bits per heavy atom. The number of hydrogen-bond donors (Lipinski definition) is 1. The van der Waals surface area contributed by atoms with Gasteiger partial charge < -0.3 is 10.0 Å². The summed E-state index contributed by atoms with van der Waals surface area (Å²) >= 11 is 0. The van der Waals surface area contributed by atoms with E-state index in [2.05, 4.69) is 5.10 Å². The Kier molecular flexibility index (Phi) is 5.16. The lowest BCUT2D eigenvalue weighted by molar-refractivity contribution is -0.141. The van der Waals surface area contributed by atoms with E-state index in [1.165, 1.54) is 4.90 Å². The molecule has 0 saturated heterocycles. The molecule has 1 unspecified atom stereocenters. The van der Waals surface area contributed by atoms with Gasteiger partial charge in [0.2, 0.25) is 0 Å². The summed E-state index contributed by atoms with van der Waals surface area (Å²) in [6.07, 6.45) is 1.54. The normalized spacial score (nSPS) is 12.0. The molecule has 122 valence electrons. The van der Waals surface area contributed by atoms with Crippen molar-refractivity contribution in [1.29, 1.82) is 0 Å². The number of aliphatic carboxylic acids is 1. The summed E-state index contributed by atoms with van der Waals surface area (Å²) in [6.45, 7) is 4.18. The maximum Gasteiger partial charge on any atom is 0.308 e. The number of hydrogen-bond acceptors (Lipinski definition) is 3. The summed E-state index contributed by atoms with van der Waals surface area (Å²) in [5, 5.41) is 13.2. The summed E-state index contributed by atoms with van der Waals surface area (Å²) in [5.41, 5.74) is 2.38. The maximum atomic E-state index is 12.5. The molecular formula is C17H21N3O3. The molecule has 6 heteroatoms. The Hall–Kier alpha value is -2.63. The highest BCUT2D eigenvalue weighted by atomic mass is 16.4. The lowest BCUT2D eigenvalue weighted by Crippen LogP contribution is -2.33. The molecule has 0 spiro atoms. The molecule has 0 aliphatic heterocycles. The van der Waals surface area contributed by atoms with Gasteiger partial charge in [-0.1, -0.05) is 37.3 Å². The van der Waals surface area contributed by atoms with Crippen LogP contribution in [-0.2, 0) is 11.3 Å². The minimum Gasteiger partial charge on any atom is -0.481 e. The highest BCUT2D eigenvalue weighted by molar-refractivity contribution is 5.95. The monoisotopic (exact) mass is 315 g/mol. The van der Waals surface area contributed by atoms with Crippen molar-refractivity contribution in [2.45, 2.75) is 20.4 Å². The molecular weight excluding hydrogens is 294 g/mol. The summed E-state index contributed by atoms with van der Waals surface area (Å²) < 4.78 is 1.77. The molecule has 1 atom stereocenters. The van der Waals surface area contributed by atoms with E-state index in [1.807, 2.05) is 37.3 Å². The predicted molar refractivity (Wildman–Crippen MR) is 86.3 cm³/mol. The van der Waals surface area contributed by atoms with E-state index >= 15 is 0 Å². The van der Waals surface area contributed by atoms with Gasteiger partial charge in [-0.15, -0.1) is 0 Å². The molecule has 23 heavy (non-hydrogen) atoms. The fourth-order valence-corrected chi connectivity index (χ4v) is 2.35.